The van der Waals surface area contributed by atoms with E-state index in [1.165, 1.54) is 7.11 Å². The van der Waals surface area contributed by atoms with Crippen LogP contribution in [-0.4, -0.2) is 30.3 Å². The summed E-state index contributed by atoms with van der Waals surface area (Å²) in [6.07, 6.45) is -0.0241. The fourth-order valence-electron chi connectivity index (χ4n) is 3.77. The lowest BCUT2D eigenvalue weighted by molar-refractivity contribution is 0.0599. The Morgan fingerprint density at radius 1 is 0.939 bits per heavy atom. The van der Waals surface area contributed by atoms with Crippen LogP contribution in [0.4, 0.5) is 4.79 Å². The van der Waals surface area contributed by atoms with Crippen molar-refractivity contribution in [3.63, 3.8) is 0 Å². The molecular formula is C27H32N2O4. The van der Waals surface area contributed by atoms with Crippen molar-refractivity contribution in [2.24, 2.45) is 0 Å². The van der Waals surface area contributed by atoms with E-state index in [2.05, 4.69) is 42.8 Å². The van der Waals surface area contributed by atoms with E-state index in [1.807, 2.05) is 54.6 Å². The predicted molar refractivity (Wildman–Crippen MR) is 128 cm³/mol. The van der Waals surface area contributed by atoms with Gasteiger partial charge in [0.15, 0.2) is 0 Å². The molecule has 2 aromatic carbocycles. The zero-order valence-corrected chi connectivity index (χ0v) is 19.8. The molecule has 1 aromatic heterocycles. The van der Waals surface area contributed by atoms with E-state index in [0.717, 1.165) is 22.5 Å². The zero-order chi connectivity index (χ0) is 23.8. The highest BCUT2D eigenvalue weighted by atomic mass is 16.5. The fourth-order valence-corrected chi connectivity index (χ4v) is 3.77. The Morgan fingerprint density at radius 3 is 2.12 bits per heavy atom. The Kier molecular flexibility index (Phi) is 7.93. The molecule has 1 N–H and O–H groups in total. The molecule has 1 amide bonds. The molecule has 0 atom stereocenters. The first-order valence-electron chi connectivity index (χ1n) is 11.1. The largest absolute Gasteiger partial charge is 0.465 e. The summed E-state index contributed by atoms with van der Waals surface area (Å²) in [6, 6.07) is 21.5. The molecule has 0 aliphatic carbocycles. The number of methoxy groups -OCH3 is 1. The zero-order valence-electron chi connectivity index (χ0n) is 19.8. The number of hydrogen-bond acceptors (Lipinski definition) is 4. The fraction of sp³-hybridized carbons (Fsp3) is 0.333. The van der Waals surface area contributed by atoms with Gasteiger partial charge in [-0.1, -0.05) is 81.4 Å². The molecule has 0 unspecified atom stereocenters. The SMILES string of the molecule is COC(=O)c1cc(C(C)(C)C)n(Cc2ccccc2)c1CCNC(=O)OCc1ccccc1. The van der Waals surface area contributed by atoms with Gasteiger partial charge in [-0.3, -0.25) is 0 Å². The average Bonchev–Trinajstić information content (AvgIpc) is 3.17. The van der Waals surface area contributed by atoms with Crippen molar-refractivity contribution in [1.82, 2.24) is 9.88 Å². The maximum atomic E-state index is 12.6. The van der Waals surface area contributed by atoms with Crippen molar-refractivity contribution in [2.75, 3.05) is 13.7 Å². The second-order valence-electron chi connectivity index (χ2n) is 8.94. The van der Waals surface area contributed by atoms with E-state index < -0.39 is 6.09 Å². The van der Waals surface area contributed by atoms with Crippen LogP contribution >= 0.6 is 0 Å². The molecule has 0 aliphatic heterocycles. The van der Waals surface area contributed by atoms with Gasteiger partial charge < -0.3 is 19.4 Å². The molecule has 6 nitrogen and oxygen atoms in total. The Hall–Kier alpha value is -3.54. The summed E-state index contributed by atoms with van der Waals surface area (Å²) in [5.41, 5.74) is 4.27. The maximum Gasteiger partial charge on any atom is 0.407 e. The Labute approximate surface area is 195 Å². The number of esters is 1. The maximum absolute atomic E-state index is 12.6. The molecule has 0 saturated heterocycles. The van der Waals surface area contributed by atoms with Crippen molar-refractivity contribution in [2.45, 2.75) is 45.8 Å². The van der Waals surface area contributed by atoms with E-state index in [4.69, 9.17) is 9.47 Å². The van der Waals surface area contributed by atoms with Crippen molar-refractivity contribution in [1.29, 1.82) is 0 Å². The number of nitrogens with zero attached hydrogens (tertiary/aromatic N) is 1. The number of alkyl carbamates (subject to hydrolysis) is 1. The van der Waals surface area contributed by atoms with Gasteiger partial charge in [0.25, 0.3) is 0 Å². The number of carbonyl (C=O) groups excluding carboxylic acids is 2. The molecule has 6 heteroatoms. The van der Waals surface area contributed by atoms with Crippen LogP contribution in [0.25, 0.3) is 0 Å². The minimum Gasteiger partial charge on any atom is -0.465 e. The summed E-state index contributed by atoms with van der Waals surface area (Å²) in [6.45, 7) is 7.52. The third-order valence-corrected chi connectivity index (χ3v) is 5.41. The highest BCUT2D eigenvalue weighted by Gasteiger charge is 2.27. The van der Waals surface area contributed by atoms with Crippen LogP contribution in [0.5, 0.6) is 0 Å². The number of rotatable bonds is 8. The number of hydrogen-bond donors (Lipinski definition) is 1. The predicted octanol–water partition coefficient (Wildman–Crippen LogP) is 5.09. The first kappa shape index (κ1) is 24.1. The molecule has 0 saturated carbocycles. The number of amides is 1. The van der Waals surface area contributed by atoms with E-state index in [-0.39, 0.29) is 18.0 Å². The number of nitrogens with one attached hydrogen (secondary N) is 1. The first-order chi connectivity index (χ1) is 15.8. The minimum absolute atomic E-state index is 0.183. The smallest absolute Gasteiger partial charge is 0.407 e. The first-order valence-corrected chi connectivity index (χ1v) is 11.1. The normalized spacial score (nSPS) is 11.2. The van der Waals surface area contributed by atoms with Gasteiger partial charge in [0.05, 0.1) is 12.7 Å². The molecule has 0 radical (unpaired) electrons. The summed E-state index contributed by atoms with van der Waals surface area (Å²) >= 11 is 0. The van der Waals surface area contributed by atoms with Crippen molar-refractivity contribution in [3.05, 3.63) is 94.8 Å². The van der Waals surface area contributed by atoms with Gasteiger partial charge in [0.2, 0.25) is 0 Å². The quantitative estimate of drug-likeness (QED) is 0.488. The lowest BCUT2D eigenvalue weighted by Crippen LogP contribution is -2.28. The van der Waals surface area contributed by atoms with Crippen molar-refractivity contribution in [3.8, 4) is 0 Å². The Morgan fingerprint density at radius 2 is 1.55 bits per heavy atom. The second-order valence-corrected chi connectivity index (χ2v) is 8.94. The lowest BCUT2D eigenvalue weighted by Gasteiger charge is -2.23. The average molecular weight is 449 g/mol. The lowest BCUT2D eigenvalue weighted by atomic mass is 9.91. The minimum atomic E-state index is -0.490. The van der Waals surface area contributed by atoms with E-state index in [9.17, 15) is 9.59 Å². The molecule has 1 heterocycles. The van der Waals surface area contributed by atoms with Gasteiger partial charge in [-0.05, 0) is 17.2 Å². The van der Waals surface area contributed by atoms with Crippen LogP contribution in [0.15, 0.2) is 66.7 Å². The molecule has 0 bridgehead atoms. The summed E-state index contributed by atoms with van der Waals surface area (Å²) in [5, 5.41) is 2.80. The number of ether oxygens (including phenoxy) is 2. The number of carbonyl (C=O) groups is 2. The molecule has 174 valence electrons. The second kappa shape index (κ2) is 10.9. The van der Waals surface area contributed by atoms with Gasteiger partial charge >= 0.3 is 12.1 Å². The molecular weight excluding hydrogens is 416 g/mol. The third-order valence-electron chi connectivity index (χ3n) is 5.41. The molecule has 0 fully saturated rings. The molecule has 0 spiro atoms. The van der Waals surface area contributed by atoms with Crippen LogP contribution in [0.3, 0.4) is 0 Å². The van der Waals surface area contributed by atoms with Crippen LogP contribution in [0, 0.1) is 0 Å². The van der Waals surface area contributed by atoms with Gasteiger partial charge in [0.1, 0.15) is 6.61 Å². The highest BCUT2D eigenvalue weighted by Crippen LogP contribution is 2.29. The summed E-state index contributed by atoms with van der Waals surface area (Å²) in [5.74, 6) is -0.381. The molecule has 33 heavy (non-hydrogen) atoms. The standard InChI is InChI=1S/C27H32N2O4/c1-27(2,3)24-17-22(25(30)32-4)23(29(24)18-20-11-7-5-8-12-20)15-16-28-26(31)33-19-21-13-9-6-10-14-21/h5-14,17H,15-16,18-19H2,1-4H3,(H,28,31). The van der Waals surface area contributed by atoms with Crippen LogP contribution in [-0.2, 0) is 34.5 Å². The van der Waals surface area contributed by atoms with Crippen LogP contribution in [0.2, 0.25) is 0 Å². The molecule has 3 aromatic rings. The Balaban J connectivity index is 1.78. The van der Waals surface area contributed by atoms with Gasteiger partial charge in [-0.2, -0.15) is 0 Å². The van der Waals surface area contributed by atoms with E-state index in [0.29, 0.717) is 25.1 Å². The third kappa shape index (κ3) is 6.48. The van der Waals surface area contributed by atoms with E-state index in [1.54, 1.807) is 0 Å². The highest BCUT2D eigenvalue weighted by molar-refractivity contribution is 5.91. The molecule has 0 aliphatic rings. The topological polar surface area (TPSA) is 69.6 Å². The number of aromatic nitrogens is 1. The summed E-state index contributed by atoms with van der Waals surface area (Å²) in [4.78, 5) is 24.8. The summed E-state index contributed by atoms with van der Waals surface area (Å²) < 4.78 is 12.5. The van der Waals surface area contributed by atoms with E-state index >= 15 is 0 Å². The monoisotopic (exact) mass is 448 g/mol. The van der Waals surface area contributed by atoms with Gasteiger partial charge in [-0.25, -0.2) is 9.59 Å². The van der Waals surface area contributed by atoms with Crippen LogP contribution < -0.4 is 5.32 Å². The van der Waals surface area contributed by atoms with Crippen LogP contribution in [0.1, 0.15) is 53.6 Å². The summed E-state index contributed by atoms with van der Waals surface area (Å²) in [7, 11) is 1.39. The van der Waals surface area contributed by atoms with Crippen molar-refractivity contribution < 1.29 is 19.1 Å². The van der Waals surface area contributed by atoms with Gasteiger partial charge in [-0.15, -0.1) is 0 Å². The Bertz CT molecular complexity index is 1070. The number of benzene rings is 2. The van der Waals surface area contributed by atoms with Gasteiger partial charge in [0, 0.05) is 36.3 Å². The molecule has 3 rings (SSSR count). The van der Waals surface area contributed by atoms with Crippen molar-refractivity contribution >= 4 is 12.1 Å².